The summed E-state index contributed by atoms with van der Waals surface area (Å²) in [6, 6.07) is 7.21. The molecule has 0 N–H and O–H groups in total. The second-order valence-electron chi connectivity index (χ2n) is 7.48. The molecule has 0 aliphatic carbocycles. The first-order valence-electron chi connectivity index (χ1n) is 9.47. The number of isothiocyanates is 1. The molecule has 0 spiro atoms. The van der Waals surface area contributed by atoms with Crippen LogP contribution in [0.25, 0.3) is 11.1 Å². The van der Waals surface area contributed by atoms with Crippen molar-refractivity contribution in [1.82, 2.24) is 0 Å². The van der Waals surface area contributed by atoms with E-state index in [2.05, 4.69) is 21.9 Å². The van der Waals surface area contributed by atoms with E-state index in [1.165, 1.54) is 32.0 Å². The van der Waals surface area contributed by atoms with Gasteiger partial charge in [0.05, 0.1) is 10.7 Å². The van der Waals surface area contributed by atoms with Crippen LogP contribution < -0.4 is 4.74 Å². The lowest BCUT2D eigenvalue weighted by molar-refractivity contribution is -0.186. The number of benzene rings is 3. The molecule has 0 heterocycles. The summed E-state index contributed by atoms with van der Waals surface area (Å²) in [5.41, 5.74) is 1.21. The Morgan fingerprint density at radius 2 is 1.38 bits per heavy atom. The average molecular weight is 463 g/mol. The molecule has 8 heteroatoms. The molecule has 3 rings (SSSR count). The third-order valence-electron chi connectivity index (χ3n) is 4.94. The molecule has 3 aromatic rings. The number of hydrogen-bond acceptors (Lipinski definition) is 3. The number of alkyl halides is 2. The van der Waals surface area contributed by atoms with Gasteiger partial charge in [-0.25, -0.2) is 13.2 Å². The fourth-order valence-electron chi connectivity index (χ4n) is 3.80. The number of aliphatic imine (C=N–C) groups is 1. The minimum Gasteiger partial charge on any atom is -0.429 e. The lowest BCUT2D eigenvalue weighted by Crippen LogP contribution is -2.24. The van der Waals surface area contributed by atoms with Crippen LogP contribution >= 0.6 is 12.2 Å². The lowest BCUT2D eigenvalue weighted by Gasteiger charge is -2.23. The van der Waals surface area contributed by atoms with Gasteiger partial charge in [-0.1, -0.05) is 18.2 Å². The van der Waals surface area contributed by atoms with Crippen LogP contribution in [0, 0.1) is 45.1 Å². The molecule has 0 aromatic heterocycles. The highest BCUT2D eigenvalue weighted by Gasteiger charge is 2.38. The predicted octanol–water partition coefficient (Wildman–Crippen LogP) is 7.87. The van der Waals surface area contributed by atoms with Gasteiger partial charge in [0, 0.05) is 17.7 Å². The smallest absolute Gasteiger partial charge is 0.427 e. The maximum absolute atomic E-state index is 15.0. The Hall–Kier alpha value is -3.09. The number of nitrogens with zero attached hydrogens (tertiary/aromatic N) is 1. The number of hydrogen-bond donors (Lipinski definition) is 0. The summed E-state index contributed by atoms with van der Waals surface area (Å²) in [7, 11) is 0. The van der Waals surface area contributed by atoms with Crippen molar-refractivity contribution in [2.45, 2.75) is 33.8 Å². The number of aryl methyl sites for hydroxylation is 4. The highest BCUT2D eigenvalue weighted by atomic mass is 32.1. The van der Waals surface area contributed by atoms with Crippen molar-refractivity contribution in [2.24, 2.45) is 4.99 Å². The molecule has 0 aliphatic rings. The van der Waals surface area contributed by atoms with Gasteiger partial charge in [-0.05, 0) is 73.8 Å². The summed E-state index contributed by atoms with van der Waals surface area (Å²) < 4.78 is 77.3. The number of ether oxygens (including phenoxy) is 1. The van der Waals surface area contributed by atoms with E-state index in [-0.39, 0.29) is 11.1 Å². The second-order valence-corrected chi connectivity index (χ2v) is 7.66. The quantitative estimate of drug-likeness (QED) is 0.218. The van der Waals surface area contributed by atoms with Crippen molar-refractivity contribution in [3.05, 3.63) is 81.7 Å². The Kier molecular flexibility index (Phi) is 6.49. The summed E-state index contributed by atoms with van der Waals surface area (Å²) in [5.74, 6) is -3.62. The summed E-state index contributed by atoms with van der Waals surface area (Å²) in [6.45, 7) is 6.37. The summed E-state index contributed by atoms with van der Waals surface area (Å²) >= 11 is 4.31. The SMILES string of the molecule is Cc1cc(C)c(-c2cc(C)c(C(F)(F)Oc3cc(F)c(N=C=S)c(F)c3)c(C)c2)c(F)c1. The number of thiocarbonyl (C=S) groups is 1. The third kappa shape index (κ3) is 4.56. The molecule has 3 aromatic carbocycles. The molecule has 0 atom stereocenters. The molecular weight excluding hydrogens is 445 g/mol. The minimum absolute atomic E-state index is 0.132. The van der Waals surface area contributed by atoms with Gasteiger partial charge in [0.1, 0.15) is 17.3 Å². The van der Waals surface area contributed by atoms with Crippen LogP contribution in [-0.2, 0) is 6.11 Å². The van der Waals surface area contributed by atoms with Crippen LogP contribution in [0.1, 0.15) is 27.8 Å². The monoisotopic (exact) mass is 463 g/mol. The molecule has 0 bridgehead atoms. The minimum atomic E-state index is -3.92. The van der Waals surface area contributed by atoms with Crippen LogP contribution in [-0.4, -0.2) is 5.16 Å². The van der Waals surface area contributed by atoms with E-state index < -0.39 is 40.6 Å². The van der Waals surface area contributed by atoms with Crippen LogP contribution in [0.3, 0.4) is 0 Å². The maximum Gasteiger partial charge on any atom is 0.427 e. The van der Waals surface area contributed by atoms with Crippen molar-refractivity contribution in [2.75, 3.05) is 0 Å². The zero-order valence-corrected chi connectivity index (χ0v) is 18.4. The van der Waals surface area contributed by atoms with Gasteiger partial charge >= 0.3 is 6.11 Å². The molecular formula is C24H18F5NOS. The highest BCUT2D eigenvalue weighted by Crippen LogP contribution is 2.40. The molecule has 0 saturated heterocycles. The molecule has 32 heavy (non-hydrogen) atoms. The van der Waals surface area contributed by atoms with Gasteiger partial charge in [0.2, 0.25) is 0 Å². The Balaban J connectivity index is 2.04. The zero-order chi connectivity index (χ0) is 23.8. The Morgan fingerprint density at radius 1 is 0.812 bits per heavy atom. The standard InChI is InChI=1S/C24H18F5NOS/c1-12-5-13(2)21(18(25)6-12)16-7-14(3)22(15(4)8-16)24(28,29)31-17-9-19(26)23(30-11-32)20(27)10-17/h5-10H,1-4H3. The van der Waals surface area contributed by atoms with Crippen molar-refractivity contribution in [1.29, 1.82) is 0 Å². The molecule has 0 saturated carbocycles. The lowest BCUT2D eigenvalue weighted by atomic mass is 9.92. The molecule has 0 aliphatic heterocycles. The number of rotatable bonds is 5. The first kappa shape index (κ1) is 23.6. The van der Waals surface area contributed by atoms with Gasteiger partial charge in [-0.3, -0.25) is 0 Å². The normalized spacial score (nSPS) is 11.3. The predicted molar refractivity (Wildman–Crippen MR) is 116 cm³/mol. The topological polar surface area (TPSA) is 21.6 Å². The van der Waals surface area contributed by atoms with Crippen LogP contribution in [0.2, 0.25) is 0 Å². The fourth-order valence-corrected chi connectivity index (χ4v) is 3.89. The van der Waals surface area contributed by atoms with Crippen molar-refractivity contribution < 1.29 is 26.7 Å². The van der Waals surface area contributed by atoms with Gasteiger partial charge in [-0.15, -0.1) is 0 Å². The third-order valence-corrected chi connectivity index (χ3v) is 5.03. The molecule has 0 fully saturated rings. The molecule has 0 amide bonds. The summed E-state index contributed by atoms with van der Waals surface area (Å²) in [4.78, 5) is 3.23. The molecule has 166 valence electrons. The van der Waals surface area contributed by atoms with Crippen LogP contribution in [0.4, 0.5) is 27.6 Å². The van der Waals surface area contributed by atoms with E-state index in [1.54, 1.807) is 19.9 Å². The van der Waals surface area contributed by atoms with Crippen molar-refractivity contribution in [3.8, 4) is 16.9 Å². The van der Waals surface area contributed by atoms with E-state index >= 15 is 8.78 Å². The highest BCUT2D eigenvalue weighted by molar-refractivity contribution is 7.78. The Bertz CT molecular complexity index is 1200. The van der Waals surface area contributed by atoms with E-state index in [1.807, 2.05) is 5.16 Å². The molecule has 2 nitrogen and oxygen atoms in total. The first-order valence-corrected chi connectivity index (χ1v) is 9.88. The Morgan fingerprint density at radius 3 is 1.88 bits per heavy atom. The van der Waals surface area contributed by atoms with Gasteiger partial charge in [0.25, 0.3) is 0 Å². The zero-order valence-electron chi connectivity index (χ0n) is 17.6. The van der Waals surface area contributed by atoms with Gasteiger partial charge in [0.15, 0.2) is 11.6 Å². The van der Waals surface area contributed by atoms with Gasteiger partial charge < -0.3 is 4.74 Å². The second kappa shape index (κ2) is 8.81. The van der Waals surface area contributed by atoms with E-state index in [4.69, 9.17) is 0 Å². The van der Waals surface area contributed by atoms with E-state index in [9.17, 15) is 13.2 Å². The number of halogens is 5. The summed E-state index contributed by atoms with van der Waals surface area (Å²) in [5, 5.41) is 1.82. The average Bonchev–Trinajstić information content (AvgIpc) is 2.62. The Labute approximate surface area is 187 Å². The first-order chi connectivity index (χ1) is 14.9. The van der Waals surface area contributed by atoms with Crippen molar-refractivity contribution in [3.63, 3.8) is 0 Å². The van der Waals surface area contributed by atoms with E-state index in [0.29, 0.717) is 28.8 Å². The molecule has 0 radical (unpaired) electrons. The van der Waals surface area contributed by atoms with Gasteiger partial charge in [-0.2, -0.15) is 13.8 Å². The largest absolute Gasteiger partial charge is 0.429 e. The summed E-state index contributed by atoms with van der Waals surface area (Å²) in [6.07, 6.45) is -3.92. The van der Waals surface area contributed by atoms with Crippen LogP contribution in [0.5, 0.6) is 5.75 Å². The van der Waals surface area contributed by atoms with Crippen LogP contribution in [0.15, 0.2) is 41.4 Å². The molecule has 0 unspecified atom stereocenters. The fraction of sp³-hybridized carbons (Fsp3) is 0.208. The van der Waals surface area contributed by atoms with E-state index in [0.717, 1.165) is 5.56 Å². The maximum atomic E-state index is 15.0. The van der Waals surface area contributed by atoms with Crippen molar-refractivity contribution >= 4 is 23.1 Å².